The third-order valence-electron chi connectivity index (χ3n) is 3.65. The SMILES string of the molecule is CC1(C(=O)Nc2ccccc2S(C)(=O)=O)CCCCN1. The van der Waals surface area contributed by atoms with Gasteiger partial charge in [0.15, 0.2) is 9.84 Å². The first-order chi connectivity index (χ1) is 9.33. The van der Waals surface area contributed by atoms with Crippen LogP contribution in [0.5, 0.6) is 0 Å². The van der Waals surface area contributed by atoms with Crippen molar-refractivity contribution in [2.24, 2.45) is 0 Å². The molecule has 5 nitrogen and oxygen atoms in total. The molecule has 110 valence electrons. The Labute approximate surface area is 119 Å². The molecule has 20 heavy (non-hydrogen) atoms. The van der Waals surface area contributed by atoms with Gasteiger partial charge in [0, 0.05) is 6.26 Å². The van der Waals surface area contributed by atoms with Gasteiger partial charge in [0.25, 0.3) is 0 Å². The smallest absolute Gasteiger partial charge is 0.244 e. The molecule has 1 heterocycles. The van der Waals surface area contributed by atoms with Crippen LogP contribution in [0, 0.1) is 0 Å². The second-order valence-corrected chi connectivity index (χ2v) is 7.42. The Bertz CT molecular complexity index is 605. The Hall–Kier alpha value is -1.40. The van der Waals surface area contributed by atoms with Crippen LogP contribution < -0.4 is 10.6 Å². The lowest BCUT2D eigenvalue weighted by Crippen LogP contribution is -2.54. The maximum absolute atomic E-state index is 12.4. The maximum atomic E-state index is 12.4. The molecule has 1 unspecified atom stereocenters. The lowest BCUT2D eigenvalue weighted by molar-refractivity contribution is -0.122. The van der Waals surface area contributed by atoms with Crippen LogP contribution in [0.15, 0.2) is 29.2 Å². The minimum absolute atomic E-state index is 0.146. The largest absolute Gasteiger partial charge is 0.323 e. The standard InChI is InChI=1S/C14H20N2O3S/c1-14(9-5-6-10-15-14)13(17)16-11-7-3-4-8-12(11)20(2,18)19/h3-4,7-8,15H,5-6,9-10H2,1-2H3,(H,16,17). The number of anilines is 1. The highest BCUT2D eigenvalue weighted by Crippen LogP contribution is 2.24. The predicted molar refractivity (Wildman–Crippen MR) is 78.4 cm³/mol. The number of sulfone groups is 1. The molecule has 0 aromatic heterocycles. The summed E-state index contributed by atoms with van der Waals surface area (Å²) in [5.41, 5.74) is -0.295. The third kappa shape index (κ3) is 3.19. The molecule has 1 aliphatic heterocycles. The molecule has 1 atom stereocenters. The molecule has 0 aliphatic carbocycles. The van der Waals surface area contributed by atoms with E-state index in [4.69, 9.17) is 0 Å². The summed E-state index contributed by atoms with van der Waals surface area (Å²) in [7, 11) is -3.36. The van der Waals surface area contributed by atoms with Gasteiger partial charge in [-0.05, 0) is 44.9 Å². The molecule has 1 aliphatic rings. The number of nitrogens with one attached hydrogen (secondary N) is 2. The van der Waals surface area contributed by atoms with Crippen LogP contribution in [-0.4, -0.2) is 32.7 Å². The van der Waals surface area contributed by atoms with E-state index in [2.05, 4.69) is 10.6 Å². The molecule has 1 amide bonds. The molecule has 6 heteroatoms. The van der Waals surface area contributed by atoms with Crippen molar-refractivity contribution in [3.05, 3.63) is 24.3 Å². The van der Waals surface area contributed by atoms with Gasteiger partial charge in [0.1, 0.15) is 0 Å². The minimum atomic E-state index is -3.36. The van der Waals surface area contributed by atoms with E-state index in [-0.39, 0.29) is 10.8 Å². The van der Waals surface area contributed by atoms with E-state index in [0.717, 1.165) is 32.1 Å². The highest BCUT2D eigenvalue weighted by atomic mass is 32.2. The minimum Gasteiger partial charge on any atom is -0.323 e. The van der Waals surface area contributed by atoms with Crippen LogP contribution in [0.2, 0.25) is 0 Å². The van der Waals surface area contributed by atoms with Gasteiger partial charge in [0.05, 0.1) is 16.1 Å². The fourth-order valence-electron chi connectivity index (χ4n) is 2.40. The van der Waals surface area contributed by atoms with Crippen LogP contribution >= 0.6 is 0 Å². The molecular weight excluding hydrogens is 276 g/mol. The molecular formula is C14H20N2O3S. The molecule has 1 saturated heterocycles. The van der Waals surface area contributed by atoms with E-state index in [1.54, 1.807) is 18.2 Å². The third-order valence-corrected chi connectivity index (χ3v) is 4.81. The van der Waals surface area contributed by atoms with Crippen LogP contribution in [-0.2, 0) is 14.6 Å². The van der Waals surface area contributed by atoms with Gasteiger partial charge in [-0.1, -0.05) is 12.1 Å². The maximum Gasteiger partial charge on any atom is 0.244 e. The number of hydrogen-bond donors (Lipinski definition) is 2. The molecule has 0 radical (unpaired) electrons. The number of carbonyl (C=O) groups excluding carboxylic acids is 1. The van der Waals surface area contributed by atoms with Gasteiger partial charge in [-0.25, -0.2) is 8.42 Å². The van der Waals surface area contributed by atoms with E-state index in [9.17, 15) is 13.2 Å². The summed E-state index contributed by atoms with van der Waals surface area (Å²) in [6.45, 7) is 2.65. The fourth-order valence-corrected chi connectivity index (χ4v) is 3.25. The first kappa shape index (κ1) is 15.0. The van der Waals surface area contributed by atoms with Crippen molar-refractivity contribution < 1.29 is 13.2 Å². The number of para-hydroxylation sites is 1. The lowest BCUT2D eigenvalue weighted by atomic mass is 9.90. The normalized spacial score (nSPS) is 23.3. The van der Waals surface area contributed by atoms with Gasteiger partial charge in [-0.2, -0.15) is 0 Å². The van der Waals surface area contributed by atoms with E-state index in [0.29, 0.717) is 5.69 Å². The second-order valence-electron chi connectivity index (χ2n) is 5.44. The van der Waals surface area contributed by atoms with Crippen molar-refractivity contribution in [2.75, 3.05) is 18.1 Å². The van der Waals surface area contributed by atoms with E-state index in [1.165, 1.54) is 6.07 Å². The number of hydrogen-bond acceptors (Lipinski definition) is 4. The second kappa shape index (κ2) is 5.54. The average molecular weight is 296 g/mol. The van der Waals surface area contributed by atoms with E-state index < -0.39 is 15.4 Å². The highest BCUT2D eigenvalue weighted by Gasteiger charge is 2.34. The van der Waals surface area contributed by atoms with Crippen molar-refractivity contribution in [1.82, 2.24) is 5.32 Å². The van der Waals surface area contributed by atoms with Gasteiger partial charge >= 0.3 is 0 Å². The van der Waals surface area contributed by atoms with Gasteiger partial charge in [0.2, 0.25) is 5.91 Å². The first-order valence-electron chi connectivity index (χ1n) is 6.68. The summed E-state index contributed by atoms with van der Waals surface area (Å²) in [5.74, 6) is -0.187. The molecule has 0 spiro atoms. The molecule has 0 bridgehead atoms. The molecule has 2 N–H and O–H groups in total. The van der Waals surface area contributed by atoms with Crippen LogP contribution in [0.1, 0.15) is 26.2 Å². The number of rotatable bonds is 3. The van der Waals surface area contributed by atoms with Crippen molar-refractivity contribution >= 4 is 21.4 Å². The van der Waals surface area contributed by atoms with Gasteiger partial charge in [-0.15, -0.1) is 0 Å². The van der Waals surface area contributed by atoms with Gasteiger partial charge < -0.3 is 10.6 Å². The summed E-state index contributed by atoms with van der Waals surface area (Å²) in [6, 6.07) is 6.47. The summed E-state index contributed by atoms with van der Waals surface area (Å²) in [6.07, 6.45) is 3.94. The van der Waals surface area contributed by atoms with Crippen molar-refractivity contribution in [3.8, 4) is 0 Å². The zero-order valence-electron chi connectivity index (χ0n) is 11.8. The van der Waals surface area contributed by atoms with Crippen molar-refractivity contribution in [2.45, 2.75) is 36.6 Å². The summed E-state index contributed by atoms with van der Waals surface area (Å²) < 4.78 is 23.4. The van der Waals surface area contributed by atoms with Crippen LogP contribution in [0.3, 0.4) is 0 Å². The highest BCUT2D eigenvalue weighted by molar-refractivity contribution is 7.90. The Balaban J connectivity index is 2.24. The van der Waals surface area contributed by atoms with Crippen LogP contribution in [0.4, 0.5) is 5.69 Å². The quantitative estimate of drug-likeness (QED) is 0.887. The Morgan fingerprint density at radius 2 is 2.00 bits per heavy atom. The number of benzene rings is 1. The molecule has 1 aromatic rings. The Kier molecular flexibility index (Phi) is 4.15. The first-order valence-corrected chi connectivity index (χ1v) is 8.58. The van der Waals surface area contributed by atoms with Crippen molar-refractivity contribution in [3.63, 3.8) is 0 Å². The summed E-state index contributed by atoms with van der Waals surface area (Å²) >= 11 is 0. The number of carbonyl (C=O) groups is 1. The molecule has 1 fully saturated rings. The number of piperidine rings is 1. The van der Waals surface area contributed by atoms with Crippen LogP contribution in [0.25, 0.3) is 0 Å². The zero-order valence-corrected chi connectivity index (χ0v) is 12.6. The van der Waals surface area contributed by atoms with E-state index >= 15 is 0 Å². The summed E-state index contributed by atoms with van der Waals surface area (Å²) in [4.78, 5) is 12.5. The lowest BCUT2D eigenvalue weighted by Gasteiger charge is -2.33. The monoisotopic (exact) mass is 296 g/mol. The topological polar surface area (TPSA) is 75.3 Å². The van der Waals surface area contributed by atoms with E-state index in [1.807, 2.05) is 6.92 Å². The molecule has 1 aromatic carbocycles. The average Bonchev–Trinajstić information content (AvgIpc) is 2.39. The fraction of sp³-hybridized carbons (Fsp3) is 0.500. The molecule has 0 saturated carbocycles. The Morgan fingerprint density at radius 3 is 2.60 bits per heavy atom. The number of amides is 1. The Morgan fingerprint density at radius 1 is 1.30 bits per heavy atom. The zero-order chi connectivity index (χ0) is 14.8. The van der Waals surface area contributed by atoms with Crippen molar-refractivity contribution in [1.29, 1.82) is 0 Å². The summed E-state index contributed by atoms with van der Waals surface area (Å²) in [5, 5.41) is 5.96. The predicted octanol–water partition coefficient (Wildman–Crippen LogP) is 1.56. The van der Waals surface area contributed by atoms with Gasteiger partial charge in [-0.3, -0.25) is 4.79 Å². The molecule has 2 rings (SSSR count).